The van der Waals surface area contributed by atoms with E-state index in [0.717, 1.165) is 11.9 Å². The number of anilines is 1. The average molecular weight is 240 g/mol. The Morgan fingerprint density at radius 2 is 2.47 bits per heavy atom. The van der Waals surface area contributed by atoms with Crippen molar-refractivity contribution in [2.75, 3.05) is 11.9 Å². The van der Waals surface area contributed by atoms with Crippen molar-refractivity contribution < 1.29 is 14.5 Å². The zero-order valence-corrected chi connectivity index (χ0v) is 9.39. The number of nitrogens with zero attached hydrogens (tertiary/aromatic N) is 2. The Morgan fingerprint density at radius 1 is 1.76 bits per heavy atom. The molecule has 92 valence electrons. The number of hydrogen-bond acceptors (Lipinski definition) is 6. The number of nitro groups is 1. The topological polar surface area (TPSA) is 110 Å². The maximum atomic E-state index is 11.2. The molecule has 1 aromatic heterocycles. The van der Waals surface area contributed by atoms with Gasteiger partial charge in [-0.3, -0.25) is 15.2 Å². The normalized spacial score (nSPS) is 11.1. The summed E-state index contributed by atoms with van der Waals surface area (Å²) in [7, 11) is 0. The number of H-pyrrole nitrogens is 1. The van der Waals surface area contributed by atoms with Crippen molar-refractivity contribution in [3.05, 3.63) is 33.8 Å². The molecule has 0 aliphatic carbocycles. The molecule has 0 amide bonds. The van der Waals surface area contributed by atoms with E-state index in [1.807, 2.05) is 0 Å². The highest BCUT2D eigenvalue weighted by molar-refractivity contribution is 5.86. The molecule has 0 bridgehead atoms. The molecule has 1 rings (SSSR count). The van der Waals surface area contributed by atoms with Crippen molar-refractivity contribution >= 4 is 11.8 Å². The molecular formula is C9H12N4O4. The molecule has 0 spiro atoms. The highest BCUT2D eigenvalue weighted by atomic mass is 16.6. The summed E-state index contributed by atoms with van der Waals surface area (Å²) in [5.41, 5.74) is 0.118. The van der Waals surface area contributed by atoms with E-state index in [-0.39, 0.29) is 6.61 Å². The van der Waals surface area contributed by atoms with Crippen LogP contribution in [0.3, 0.4) is 0 Å². The van der Waals surface area contributed by atoms with Crippen molar-refractivity contribution in [1.82, 2.24) is 10.2 Å². The Hall–Kier alpha value is -2.38. The molecule has 0 atom stereocenters. The second-order valence-corrected chi connectivity index (χ2v) is 3.09. The van der Waals surface area contributed by atoms with Crippen LogP contribution >= 0.6 is 0 Å². The van der Waals surface area contributed by atoms with E-state index in [4.69, 9.17) is 0 Å². The van der Waals surface area contributed by atoms with Crippen molar-refractivity contribution in [2.24, 2.45) is 0 Å². The van der Waals surface area contributed by atoms with Gasteiger partial charge in [-0.2, -0.15) is 5.10 Å². The third-order valence-electron chi connectivity index (χ3n) is 1.74. The molecule has 0 radical (unpaired) electrons. The largest absolute Gasteiger partial charge is 0.458 e. The number of nitrogens with one attached hydrogen (secondary N) is 2. The Morgan fingerprint density at radius 3 is 2.94 bits per heavy atom. The quantitative estimate of drug-likeness (QED) is 0.341. The van der Waals surface area contributed by atoms with E-state index >= 15 is 0 Å². The van der Waals surface area contributed by atoms with Gasteiger partial charge in [0, 0.05) is 11.8 Å². The lowest BCUT2D eigenvalue weighted by molar-refractivity contribution is -0.421. The molecular weight excluding hydrogens is 228 g/mol. The molecule has 17 heavy (non-hydrogen) atoms. The molecule has 0 unspecified atom stereocenters. The number of aromatic nitrogens is 2. The summed E-state index contributed by atoms with van der Waals surface area (Å²) >= 11 is 0. The van der Waals surface area contributed by atoms with Gasteiger partial charge in [-0.25, -0.2) is 4.79 Å². The minimum absolute atomic E-state index is 0.0749. The third kappa shape index (κ3) is 3.59. The van der Waals surface area contributed by atoms with Crippen LogP contribution in [0.5, 0.6) is 0 Å². The molecule has 8 nitrogen and oxygen atoms in total. The van der Waals surface area contributed by atoms with Crippen LogP contribution in [0.15, 0.2) is 18.0 Å². The highest BCUT2D eigenvalue weighted by Crippen LogP contribution is 2.06. The smallest absolute Gasteiger partial charge is 0.411 e. The Kier molecular flexibility index (Phi) is 4.21. The van der Waals surface area contributed by atoms with Crippen LogP contribution in [0.2, 0.25) is 0 Å². The van der Waals surface area contributed by atoms with Gasteiger partial charge in [-0.1, -0.05) is 0 Å². The average Bonchev–Trinajstić information content (AvgIpc) is 2.64. The van der Waals surface area contributed by atoms with Gasteiger partial charge >= 0.3 is 11.7 Å². The Bertz CT molecular complexity index is 452. The van der Waals surface area contributed by atoms with Crippen LogP contribution in [-0.4, -0.2) is 27.7 Å². The second-order valence-electron chi connectivity index (χ2n) is 3.09. The fourth-order valence-electron chi connectivity index (χ4n) is 1.03. The summed E-state index contributed by atoms with van der Waals surface area (Å²) in [5, 5.41) is 19.6. The van der Waals surface area contributed by atoms with E-state index in [1.165, 1.54) is 0 Å². The highest BCUT2D eigenvalue weighted by Gasteiger charge is 2.23. The van der Waals surface area contributed by atoms with Crippen LogP contribution in [0, 0.1) is 17.0 Å². The van der Waals surface area contributed by atoms with Crippen molar-refractivity contribution in [2.45, 2.75) is 13.8 Å². The van der Waals surface area contributed by atoms with Crippen LogP contribution in [0.25, 0.3) is 0 Å². The van der Waals surface area contributed by atoms with Gasteiger partial charge in [0.05, 0.1) is 17.7 Å². The minimum Gasteiger partial charge on any atom is -0.458 e. The molecule has 8 heteroatoms. The second kappa shape index (κ2) is 5.64. The molecule has 0 saturated heterocycles. The number of rotatable bonds is 5. The van der Waals surface area contributed by atoms with Gasteiger partial charge in [0.2, 0.25) is 0 Å². The molecule has 0 aliphatic rings. The van der Waals surface area contributed by atoms with Crippen LogP contribution in [0.4, 0.5) is 5.82 Å². The van der Waals surface area contributed by atoms with Crippen molar-refractivity contribution in [1.29, 1.82) is 0 Å². The van der Waals surface area contributed by atoms with E-state index in [0.29, 0.717) is 5.82 Å². The number of aromatic amines is 1. The lowest BCUT2D eigenvalue weighted by Gasteiger charge is -1.99. The van der Waals surface area contributed by atoms with Crippen molar-refractivity contribution in [3.8, 4) is 0 Å². The lowest BCUT2D eigenvalue weighted by Crippen LogP contribution is -2.16. The van der Waals surface area contributed by atoms with Gasteiger partial charge in [-0.05, 0) is 13.8 Å². The number of esters is 1. The number of carbonyl (C=O) groups excluding carboxylic acids is 1. The summed E-state index contributed by atoms with van der Waals surface area (Å²) in [6.45, 7) is 3.42. The lowest BCUT2D eigenvalue weighted by atomic mass is 10.4. The predicted molar refractivity (Wildman–Crippen MR) is 58.7 cm³/mol. The zero-order valence-electron chi connectivity index (χ0n) is 9.39. The van der Waals surface area contributed by atoms with Gasteiger partial charge in [-0.15, -0.1) is 0 Å². The van der Waals surface area contributed by atoms with E-state index in [9.17, 15) is 14.9 Å². The van der Waals surface area contributed by atoms with Crippen LogP contribution in [0.1, 0.15) is 12.6 Å². The standard InChI is InChI=1S/C9H12N4O4/c1-3-17-9(14)7(13(15)16)5-10-8-4-6(2)11-12-8/h4-5H,3H2,1-2H3,(H2,10,11,12)/b7-5+. The fourth-order valence-corrected chi connectivity index (χ4v) is 1.03. The van der Waals surface area contributed by atoms with Gasteiger partial charge < -0.3 is 10.1 Å². The van der Waals surface area contributed by atoms with Gasteiger partial charge in [0.15, 0.2) is 5.82 Å². The summed E-state index contributed by atoms with van der Waals surface area (Å²) in [5.74, 6) is -0.608. The Balaban J connectivity index is 2.77. The first kappa shape index (κ1) is 12.7. The molecule has 0 saturated carbocycles. The fraction of sp³-hybridized carbons (Fsp3) is 0.333. The van der Waals surface area contributed by atoms with Gasteiger partial charge in [0.25, 0.3) is 0 Å². The Labute approximate surface area is 96.8 Å². The van der Waals surface area contributed by atoms with E-state index in [1.54, 1.807) is 19.9 Å². The summed E-state index contributed by atoms with van der Waals surface area (Å²) in [6.07, 6.45) is 0.952. The summed E-state index contributed by atoms with van der Waals surface area (Å²) in [4.78, 5) is 21.0. The molecule has 0 fully saturated rings. The zero-order chi connectivity index (χ0) is 12.8. The first-order chi connectivity index (χ1) is 8.04. The van der Waals surface area contributed by atoms with Gasteiger partial charge in [0.1, 0.15) is 0 Å². The first-order valence-electron chi connectivity index (χ1n) is 4.84. The maximum absolute atomic E-state index is 11.2. The number of aryl methyl sites for hydroxylation is 1. The van der Waals surface area contributed by atoms with E-state index in [2.05, 4.69) is 20.3 Å². The van der Waals surface area contributed by atoms with E-state index < -0.39 is 16.6 Å². The molecule has 2 N–H and O–H groups in total. The minimum atomic E-state index is -0.989. The molecule has 0 aromatic carbocycles. The van der Waals surface area contributed by atoms with Crippen LogP contribution in [-0.2, 0) is 9.53 Å². The number of hydrogen-bond donors (Lipinski definition) is 2. The monoisotopic (exact) mass is 240 g/mol. The summed E-state index contributed by atoms with van der Waals surface area (Å²) < 4.78 is 4.54. The maximum Gasteiger partial charge on any atom is 0.411 e. The SMILES string of the molecule is CCOC(=O)/C(=C\Nc1cc(C)[nH]n1)[N+](=O)[O-]. The van der Waals surface area contributed by atoms with Crippen LogP contribution < -0.4 is 5.32 Å². The van der Waals surface area contributed by atoms with Crippen molar-refractivity contribution in [3.63, 3.8) is 0 Å². The number of carbonyl (C=O) groups is 1. The summed E-state index contributed by atoms with van der Waals surface area (Å²) in [6, 6.07) is 1.64. The number of ether oxygens (including phenoxy) is 1. The first-order valence-corrected chi connectivity index (χ1v) is 4.84. The molecule has 1 aromatic rings. The predicted octanol–water partition coefficient (Wildman–Crippen LogP) is 0.811. The molecule has 0 aliphatic heterocycles. The molecule has 1 heterocycles. The third-order valence-corrected chi connectivity index (χ3v) is 1.74.